The number of hydrogen-bond acceptors (Lipinski definition) is 4. The minimum Gasteiger partial charge on any atom is -0.381 e. The molecule has 1 amide bonds. The Morgan fingerprint density at radius 3 is 2.62 bits per heavy atom. The van der Waals surface area contributed by atoms with E-state index in [0.29, 0.717) is 31.0 Å². The fourth-order valence-electron chi connectivity index (χ4n) is 3.92. The predicted octanol–water partition coefficient (Wildman–Crippen LogP) is 2.51. The number of rotatable bonds is 4. The van der Waals surface area contributed by atoms with Crippen molar-refractivity contribution in [2.24, 2.45) is 11.8 Å². The summed E-state index contributed by atoms with van der Waals surface area (Å²) in [6, 6.07) is 0.0779. The van der Waals surface area contributed by atoms with Crippen LogP contribution in [0.4, 0.5) is 0 Å². The smallest absolute Gasteiger partial charge is 0.226 e. The zero-order chi connectivity index (χ0) is 16.7. The van der Waals surface area contributed by atoms with Crippen LogP contribution in [0.25, 0.3) is 0 Å². The van der Waals surface area contributed by atoms with Crippen molar-refractivity contribution in [1.82, 2.24) is 19.7 Å². The molecule has 0 aromatic carbocycles. The van der Waals surface area contributed by atoms with Crippen molar-refractivity contribution in [3.05, 3.63) is 11.6 Å². The van der Waals surface area contributed by atoms with Crippen LogP contribution in [-0.2, 0) is 16.1 Å². The Bertz CT molecular complexity index is 602. The first kappa shape index (κ1) is 16.1. The van der Waals surface area contributed by atoms with Crippen molar-refractivity contribution in [3.63, 3.8) is 0 Å². The van der Waals surface area contributed by atoms with Crippen LogP contribution < -0.4 is 0 Å². The maximum Gasteiger partial charge on any atom is 0.226 e. The standard InChI is InChI=1S/C18H28N4O2/c1-12(2)11-15-17-19-16(13-3-4-13)20-22(17)8-7-21(15)18(23)14-5-9-24-10-6-14/h12-15H,3-11H2,1-2H3/t15-/m0/s1. The number of fused-ring (bicyclic) bond motifs is 1. The first-order chi connectivity index (χ1) is 11.6. The molecule has 1 aromatic heterocycles. The summed E-state index contributed by atoms with van der Waals surface area (Å²) in [7, 11) is 0. The second-order valence-corrected chi connectivity index (χ2v) is 7.89. The van der Waals surface area contributed by atoms with Gasteiger partial charge in [-0.25, -0.2) is 9.67 Å². The van der Waals surface area contributed by atoms with Gasteiger partial charge >= 0.3 is 0 Å². The molecule has 1 saturated carbocycles. The van der Waals surface area contributed by atoms with E-state index in [9.17, 15) is 4.79 Å². The van der Waals surface area contributed by atoms with E-state index in [1.165, 1.54) is 12.8 Å². The number of nitrogens with zero attached hydrogens (tertiary/aromatic N) is 4. The molecule has 1 saturated heterocycles. The first-order valence-electron chi connectivity index (χ1n) is 9.46. The second kappa shape index (κ2) is 6.47. The molecule has 2 fully saturated rings. The molecule has 0 unspecified atom stereocenters. The maximum absolute atomic E-state index is 13.1. The van der Waals surface area contributed by atoms with Gasteiger partial charge in [0.05, 0.1) is 12.6 Å². The highest BCUT2D eigenvalue weighted by Gasteiger charge is 2.38. The molecule has 0 bridgehead atoms. The quantitative estimate of drug-likeness (QED) is 0.850. The fourth-order valence-corrected chi connectivity index (χ4v) is 3.92. The first-order valence-corrected chi connectivity index (χ1v) is 9.46. The molecule has 132 valence electrons. The Morgan fingerprint density at radius 2 is 1.96 bits per heavy atom. The van der Waals surface area contributed by atoms with Gasteiger partial charge in [-0.3, -0.25) is 4.79 Å². The predicted molar refractivity (Wildman–Crippen MR) is 89.4 cm³/mol. The molecular formula is C18H28N4O2. The molecule has 3 aliphatic rings. The molecule has 0 radical (unpaired) electrons. The van der Waals surface area contributed by atoms with Crippen LogP contribution in [0.5, 0.6) is 0 Å². The lowest BCUT2D eigenvalue weighted by Gasteiger charge is -2.38. The zero-order valence-electron chi connectivity index (χ0n) is 14.8. The normalized spacial score (nSPS) is 25.1. The van der Waals surface area contributed by atoms with Crippen molar-refractivity contribution in [1.29, 1.82) is 0 Å². The Kier molecular flexibility index (Phi) is 4.33. The van der Waals surface area contributed by atoms with Gasteiger partial charge < -0.3 is 9.64 Å². The van der Waals surface area contributed by atoms with Gasteiger partial charge in [-0.15, -0.1) is 0 Å². The number of aromatic nitrogens is 3. The molecule has 1 aromatic rings. The van der Waals surface area contributed by atoms with E-state index >= 15 is 0 Å². The molecule has 1 aliphatic carbocycles. The van der Waals surface area contributed by atoms with Crippen LogP contribution in [0.1, 0.15) is 69.6 Å². The van der Waals surface area contributed by atoms with Gasteiger partial charge in [0, 0.05) is 31.6 Å². The largest absolute Gasteiger partial charge is 0.381 e. The highest BCUT2D eigenvalue weighted by molar-refractivity contribution is 5.79. The minimum absolute atomic E-state index is 0.0779. The van der Waals surface area contributed by atoms with Gasteiger partial charge in [-0.1, -0.05) is 13.8 Å². The summed E-state index contributed by atoms with van der Waals surface area (Å²) < 4.78 is 7.49. The van der Waals surface area contributed by atoms with Gasteiger partial charge in [0.2, 0.25) is 5.91 Å². The zero-order valence-corrected chi connectivity index (χ0v) is 14.8. The average molecular weight is 332 g/mol. The third-order valence-corrected chi connectivity index (χ3v) is 5.43. The van der Waals surface area contributed by atoms with Crippen LogP contribution in [0, 0.1) is 11.8 Å². The van der Waals surface area contributed by atoms with Crippen LogP contribution in [0.2, 0.25) is 0 Å². The SMILES string of the molecule is CC(C)C[C@H]1c2nc(C3CC3)nn2CCN1C(=O)C1CCOCC1. The molecule has 6 heteroatoms. The van der Waals surface area contributed by atoms with Gasteiger partial charge in [-0.05, 0) is 38.0 Å². The van der Waals surface area contributed by atoms with Gasteiger partial charge in [-0.2, -0.15) is 5.10 Å². The summed E-state index contributed by atoms with van der Waals surface area (Å²) in [5, 5.41) is 4.72. The highest BCUT2D eigenvalue weighted by Crippen LogP contribution is 2.40. The Morgan fingerprint density at radius 1 is 1.21 bits per heavy atom. The van der Waals surface area contributed by atoms with Gasteiger partial charge in [0.25, 0.3) is 0 Å². The number of ether oxygens (including phenoxy) is 1. The molecule has 0 N–H and O–H groups in total. The molecule has 2 aliphatic heterocycles. The van der Waals surface area contributed by atoms with E-state index < -0.39 is 0 Å². The third kappa shape index (κ3) is 3.08. The average Bonchev–Trinajstić information content (AvgIpc) is 3.34. The molecule has 1 atom stereocenters. The molecule has 24 heavy (non-hydrogen) atoms. The number of amides is 1. The molecular weight excluding hydrogens is 304 g/mol. The number of carbonyl (C=O) groups is 1. The van der Waals surface area contributed by atoms with E-state index in [1.807, 2.05) is 0 Å². The lowest BCUT2D eigenvalue weighted by Crippen LogP contribution is -2.46. The lowest BCUT2D eigenvalue weighted by molar-refractivity contribution is -0.143. The minimum atomic E-state index is 0.0779. The van der Waals surface area contributed by atoms with Crippen molar-refractivity contribution in [2.75, 3.05) is 19.8 Å². The monoisotopic (exact) mass is 332 g/mol. The lowest BCUT2D eigenvalue weighted by atomic mass is 9.94. The summed E-state index contributed by atoms with van der Waals surface area (Å²) in [5.74, 6) is 3.50. The number of hydrogen-bond donors (Lipinski definition) is 0. The topological polar surface area (TPSA) is 60.2 Å². The third-order valence-electron chi connectivity index (χ3n) is 5.43. The van der Waals surface area contributed by atoms with E-state index in [4.69, 9.17) is 14.8 Å². The van der Waals surface area contributed by atoms with Crippen LogP contribution >= 0.6 is 0 Å². The van der Waals surface area contributed by atoms with Crippen LogP contribution in [0.3, 0.4) is 0 Å². The van der Waals surface area contributed by atoms with Crippen molar-refractivity contribution >= 4 is 5.91 Å². The highest BCUT2D eigenvalue weighted by atomic mass is 16.5. The fraction of sp³-hybridized carbons (Fsp3) is 0.833. The van der Waals surface area contributed by atoms with E-state index in [2.05, 4.69) is 23.4 Å². The Hall–Kier alpha value is -1.43. The van der Waals surface area contributed by atoms with E-state index in [1.54, 1.807) is 0 Å². The Labute approximate surface area is 143 Å². The summed E-state index contributed by atoms with van der Waals surface area (Å²) in [6.45, 7) is 7.39. The van der Waals surface area contributed by atoms with E-state index in [-0.39, 0.29) is 12.0 Å². The van der Waals surface area contributed by atoms with E-state index in [0.717, 1.165) is 44.0 Å². The molecule has 0 spiro atoms. The maximum atomic E-state index is 13.1. The van der Waals surface area contributed by atoms with Crippen molar-refractivity contribution < 1.29 is 9.53 Å². The molecule has 4 rings (SSSR count). The summed E-state index contributed by atoms with van der Waals surface area (Å²) in [5.41, 5.74) is 0. The van der Waals surface area contributed by atoms with Crippen LogP contribution in [0.15, 0.2) is 0 Å². The van der Waals surface area contributed by atoms with Crippen molar-refractivity contribution in [2.45, 2.75) is 64.5 Å². The van der Waals surface area contributed by atoms with Gasteiger partial charge in [0.1, 0.15) is 5.82 Å². The summed E-state index contributed by atoms with van der Waals surface area (Å²) in [6.07, 6.45) is 5.08. The Balaban J connectivity index is 1.59. The van der Waals surface area contributed by atoms with Crippen LogP contribution in [-0.4, -0.2) is 45.3 Å². The summed E-state index contributed by atoms with van der Waals surface area (Å²) in [4.78, 5) is 20.1. The molecule has 6 nitrogen and oxygen atoms in total. The molecule has 3 heterocycles. The van der Waals surface area contributed by atoms with Crippen molar-refractivity contribution in [3.8, 4) is 0 Å². The van der Waals surface area contributed by atoms with Gasteiger partial charge in [0.15, 0.2) is 5.82 Å². The number of carbonyl (C=O) groups excluding carboxylic acids is 1. The second-order valence-electron chi connectivity index (χ2n) is 7.89. The summed E-state index contributed by atoms with van der Waals surface area (Å²) >= 11 is 0.